The normalized spacial score (nSPS) is 15.3. The first-order valence-electron chi connectivity index (χ1n) is 6.66. The summed E-state index contributed by atoms with van der Waals surface area (Å²) in [5.74, 6) is 0. The van der Waals surface area contributed by atoms with Crippen LogP contribution in [0.3, 0.4) is 0 Å². The maximum atomic E-state index is 9.60. The Morgan fingerprint density at radius 1 is 1.16 bits per heavy atom. The van der Waals surface area contributed by atoms with Crippen LogP contribution >= 0.6 is 11.8 Å². The van der Waals surface area contributed by atoms with E-state index in [0.717, 1.165) is 10.6 Å². The predicted octanol–water partition coefficient (Wildman–Crippen LogP) is 3.77. The molecule has 98 valence electrons. The molecule has 1 atom stereocenters. The number of fused-ring (bicyclic) bond motifs is 1. The first-order chi connectivity index (χ1) is 9.22. The number of aliphatic hydroxyl groups excluding tert-OH is 1. The Kier molecular flexibility index (Phi) is 3.58. The fourth-order valence-corrected chi connectivity index (χ4v) is 3.36. The summed E-state index contributed by atoms with van der Waals surface area (Å²) in [6.45, 7) is 1.78. The Bertz CT molecular complexity index is 595. The van der Waals surface area contributed by atoms with Gasteiger partial charge in [0, 0.05) is 11.1 Å². The van der Waals surface area contributed by atoms with Gasteiger partial charge < -0.3 is 5.11 Å². The minimum Gasteiger partial charge on any atom is -0.389 e. The van der Waals surface area contributed by atoms with Gasteiger partial charge in [0.2, 0.25) is 0 Å². The number of hydrogen-bond acceptors (Lipinski definition) is 3. The lowest BCUT2D eigenvalue weighted by Gasteiger charge is -2.07. The zero-order chi connectivity index (χ0) is 13.2. The van der Waals surface area contributed by atoms with E-state index in [1.54, 1.807) is 24.9 Å². The van der Waals surface area contributed by atoms with Crippen LogP contribution in [0.5, 0.6) is 0 Å². The van der Waals surface area contributed by atoms with Gasteiger partial charge in [-0.1, -0.05) is 17.8 Å². The molecular formula is C16H17NOS. The first-order valence-corrected chi connectivity index (χ1v) is 7.48. The van der Waals surface area contributed by atoms with Gasteiger partial charge in [-0.25, -0.2) is 4.98 Å². The molecule has 2 nitrogen and oxygen atoms in total. The van der Waals surface area contributed by atoms with Crippen LogP contribution in [0, 0.1) is 0 Å². The number of aliphatic hydroxyl groups is 1. The highest BCUT2D eigenvalue weighted by atomic mass is 32.2. The summed E-state index contributed by atoms with van der Waals surface area (Å²) in [6.07, 6.45) is 5.01. The van der Waals surface area contributed by atoms with Gasteiger partial charge in [-0.05, 0) is 67.1 Å². The quantitative estimate of drug-likeness (QED) is 0.922. The van der Waals surface area contributed by atoms with Crippen LogP contribution in [0.4, 0.5) is 0 Å². The molecule has 1 aliphatic rings. The van der Waals surface area contributed by atoms with Crippen molar-refractivity contribution in [3.63, 3.8) is 0 Å². The standard InChI is InChI=1S/C16H17NOS/c1-11(18)13-7-8-17-16(10-13)19-15-6-5-12-3-2-4-14(12)9-15/h5-11,18H,2-4H2,1H3. The van der Waals surface area contributed by atoms with Crippen LogP contribution in [0.1, 0.15) is 36.1 Å². The van der Waals surface area contributed by atoms with Gasteiger partial charge in [0.25, 0.3) is 0 Å². The molecule has 1 unspecified atom stereocenters. The Labute approximate surface area is 117 Å². The molecule has 0 spiro atoms. The number of pyridine rings is 1. The smallest absolute Gasteiger partial charge is 0.101 e. The molecular weight excluding hydrogens is 254 g/mol. The van der Waals surface area contributed by atoms with Crippen LogP contribution in [0.2, 0.25) is 0 Å². The van der Waals surface area contributed by atoms with E-state index in [2.05, 4.69) is 23.2 Å². The number of benzene rings is 1. The van der Waals surface area contributed by atoms with E-state index in [0.29, 0.717) is 0 Å². The monoisotopic (exact) mass is 271 g/mol. The number of aromatic nitrogens is 1. The lowest BCUT2D eigenvalue weighted by atomic mass is 10.1. The average Bonchev–Trinajstić information content (AvgIpc) is 2.86. The fraction of sp³-hybridized carbons (Fsp3) is 0.312. The zero-order valence-corrected chi connectivity index (χ0v) is 11.8. The molecule has 0 amide bonds. The van der Waals surface area contributed by atoms with Crippen molar-refractivity contribution in [2.45, 2.75) is 42.2 Å². The summed E-state index contributed by atoms with van der Waals surface area (Å²) in [7, 11) is 0. The second-order valence-electron chi connectivity index (χ2n) is 4.99. The van der Waals surface area contributed by atoms with Gasteiger partial charge in [0.1, 0.15) is 5.03 Å². The molecule has 1 N–H and O–H groups in total. The third-order valence-electron chi connectivity index (χ3n) is 3.53. The van der Waals surface area contributed by atoms with Crippen LogP contribution in [-0.4, -0.2) is 10.1 Å². The highest BCUT2D eigenvalue weighted by Gasteiger charge is 2.11. The Morgan fingerprint density at radius 3 is 2.84 bits per heavy atom. The van der Waals surface area contributed by atoms with Crippen LogP contribution in [0.25, 0.3) is 0 Å². The fourth-order valence-electron chi connectivity index (χ4n) is 2.47. The average molecular weight is 271 g/mol. The van der Waals surface area contributed by atoms with E-state index >= 15 is 0 Å². The van der Waals surface area contributed by atoms with Crippen LogP contribution < -0.4 is 0 Å². The Hall–Kier alpha value is -1.32. The summed E-state index contributed by atoms with van der Waals surface area (Å²) < 4.78 is 0. The molecule has 0 saturated carbocycles. The van der Waals surface area contributed by atoms with Crippen molar-refractivity contribution in [2.24, 2.45) is 0 Å². The largest absolute Gasteiger partial charge is 0.389 e. The number of nitrogens with zero attached hydrogens (tertiary/aromatic N) is 1. The summed E-state index contributed by atoms with van der Waals surface area (Å²) in [4.78, 5) is 5.59. The summed E-state index contributed by atoms with van der Waals surface area (Å²) in [6, 6.07) is 10.5. The van der Waals surface area contributed by atoms with Crippen molar-refractivity contribution < 1.29 is 5.11 Å². The van der Waals surface area contributed by atoms with Gasteiger partial charge in [-0.2, -0.15) is 0 Å². The maximum Gasteiger partial charge on any atom is 0.101 e. The van der Waals surface area contributed by atoms with Crippen molar-refractivity contribution in [3.8, 4) is 0 Å². The van der Waals surface area contributed by atoms with Gasteiger partial charge >= 0.3 is 0 Å². The lowest BCUT2D eigenvalue weighted by molar-refractivity contribution is 0.199. The lowest BCUT2D eigenvalue weighted by Crippen LogP contribution is -1.92. The number of hydrogen-bond donors (Lipinski definition) is 1. The summed E-state index contributed by atoms with van der Waals surface area (Å²) in [5, 5.41) is 10.5. The number of aryl methyl sites for hydroxylation is 2. The van der Waals surface area contributed by atoms with E-state index in [-0.39, 0.29) is 0 Å². The van der Waals surface area contributed by atoms with Gasteiger partial charge in [-0.3, -0.25) is 0 Å². The van der Waals surface area contributed by atoms with Gasteiger partial charge in [0.15, 0.2) is 0 Å². The third-order valence-corrected chi connectivity index (χ3v) is 4.46. The van der Waals surface area contributed by atoms with E-state index in [1.807, 2.05) is 12.1 Å². The molecule has 0 radical (unpaired) electrons. The van der Waals surface area contributed by atoms with E-state index in [9.17, 15) is 5.11 Å². The van der Waals surface area contributed by atoms with Crippen molar-refractivity contribution in [3.05, 3.63) is 53.2 Å². The van der Waals surface area contributed by atoms with E-state index in [1.165, 1.54) is 35.3 Å². The molecule has 0 aliphatic heterocycles. The van der Waals surface area contributed by atoms with Gasteiger partial charge in [0.05, 0.1) is 6.10 Å². The molecule has 1 aliphatic carbocycles. The summed E-state index contributed by atoms with van der Waals surface area (Å²) >= 11 is 1.66. The van der Waals surface area contributed by atoms with Gasteiger partial charge in [-0.15, -0.1) is 0 Å². The predicted molar refractivity (Wildman–Crippen MR) is 77.5 cm³/mol. The van der Waals surface area contributed by atoms with Crippen molar-refractivity contribution in [1.29, 1.82) is 0 Å². The van der Waals surface area contributed by atoms with Crippen molar-refractivity contribution in [1.82, 2.24) is 4.98 Å². The van der Waals surface area contributed by atoms with Crippen molar-refractivity contribution in [2.75, 3.05) is 0 Å². The topological polar surface area (TPSA) is 33.1 Å². The highest BCUT2D eigenvalue weighted by Crippen LogP contribution is 2.31. The highest BCUT2D eigenvalue weighted by molar-refractivity contribution is 7.99. The minimum absolute atomic E-state index is 0.442. The minimum atomic E-state index is -0.442. The molecule has 1 aromatic heterocycles. The molecule has 0 saturated heterocycles. The Balaban J connectivity index is 1.83. The number of rotatable bonds is 3. The molecule has 0 fully saturated rings. The maximum absolute atomic E-state index is 9.60. The van der Waals surface area contributed by atoms with Crippen LogP contribution in [-0.2, 0) is 12.8 Å². The van der Waals surface area contributed by atoms with E-state index < -0.39 is 6.10 Å². The zero-order valence-electron chi connectivity index (χ0n) is 11.0. The summed E-state index contributed by atoms with van der Waals surface area (Å²) in [5.41, 5.74) is 3.89. The SMILES string of the molecule is CC(O)c1ccnc(Sc2ccc3c(c2)CCC3)c1. The molecule has 19 heavy (non-hydrogen) atoms. The third kappa shape index (κ3) is 2.82. The Morgan fingerprint density at radius 2 is 2.00 bits per heavy atom. The molecule has 1 aromatic carbocycles. The molecule has 3 rings (SSSR count). The molecule has 2 aromatic rings. The van der Waals surface area contributed by atoms with Crippen molar-refractivity contribution >= 4 is 11.8 Å². The molecule has 0 bridgehead atoms. The second kappa shape index (κ2) is 5.35. The molecule has 3 heteroatoms. The van der Waals surface area contributed by atoms with E-state index in [4.69, 9.17) is 0 Å². The second-order valence-corrected chi connectivity index (χ2v) is 6.08. The molecule has 1 heterocycles. The van der Waals surface area contributed by atoms with Crippen LogP contribution in [0.15, 0.2) is 46.5 Å². The first kappa shape index (κ1) is 12.7.